The first kappa shape index (κ1) is 16.7. The maximum Gasteiger partial charge on any atom is 0.257 e. The summed E-state index contributed by atoms with van der Waals surface area (Å²) in [6, 6.07) is 16.7. The number of hydrazine groups is 1. The van der Waals surface area contributed by atoms with E-state index in [-0.39, 0.29) is 11.3 Å². The molecular weight excluding hydrogens is 314 g/mol. The van der Waals surface area contributed by atoms with Gasteiger partial charge in [0.2, 0.25) is 5.91 Å². The quantitative estimate of drug-likeness (QED) is 0.785. The Morgan fingerprint density at radius 2 is 1.83 bits per heavy atom. The van der Waals surface area contributed by atoms with E-state index in [0.717, 1.165) is 5.56 Å². The Kier molecular flexibility index (Phi) is 5.46. The molecule has 0 spiro atoms. The first-order valence-corrected chi connectivity index (χ1v) is 8.34. The molecule has 7 heteroatoms. The van der Waals surface area contributed by atoms with E-state index in [1.165, 1.54) is 12.1 Å². The average molecular weight is 329 g/mol. The van der Waals surface area contributed by atoms with E-state index in [0.29, 0.717) is 12.0 Å². The molecule has 0 aliphatic heterocycles. The van der Waals surface area contributed by atoms with Crippen LogP contribution >= 0.6 is 0 Å². The van der Waals surface area contributed by atoms with Gasteiger partial charge in [-0.25, -0.2) is 8.42 Å². The number of carbonyl (C=O) groups excluding carboxylic acids is 1. The van der Waals surface area contributed by atoms with Gasteiger partial charge in [0, 0.05) is 6.42 Å². The number of sulfonamides is 1. The van der Waals surface area contributed by atoms with E-state index in [4.69, 9.17) is 5.26 Å². The van der Waals surface area contributed by atoms with Gasteiger partial charge >= 0.3 is 0 Å². The monoisotopic (exact) mass is 329 g/mol. The van der Waals surface area contributed by atoms with Gasteiger partial charge in [-0.1, -0.05) is 30.3 Å². The van der Waals surface area contributed by atoms with Crippen LogP contribution in [0.1, 0.15) is 17.5 Å². The van der Waals surface area contributed by atoms with Gasteiger partial charge in [-0.15, -0.1) is 4.83 Å². The Bertz CT molecular complexity index is 827. The normalized spacial score (nSPS) is 10.7. The van der Waals surface area contributed by atoms with Crippen LogP contribution in [0.15, 0.2) is 59.5 Å². The third-order valence-corrected chi connectivity index (χ3v) is 4.34. The van der Waals surface area contributed by atoms with E-state index >= 15 is 0 Å². The van der Waals surface area contributed by atoms with E-state index in [1.807, 2.05) is 12.1 Å². The molecule has 1 amide bonds. The van der Waals surface area contributed by atoms with Crippen molar-refractivity contribution in [2.24, 2.45) is 0 Å². The molecule has 0 saturated carbocycles. The number of carbonyl (C=O) groups is 1. The van der Waals surface area contributed by atoms with Gasteiger partial charge in [-0.05, 0) is 36.2 Å². The van der Waals surface area contributed by atoms with Crippen molar-refractivity contribution in [3.63, 3.8) is 0 Å². The summed E-state index contributed by atoms with van der Waals surface area (Å²) in [6.07, 6.45) is 0.514. The van der Waals surface area contributed by atoms with Gasteiger partial charge in [0.15, 0.2) is 0 Å². The summed E-state index contributed by atoms with van der Waals surface area (Å²) in [7, 11) is -3.77. The highest BCUT2D eigenvalue weighted by molar-refractivity contribution is 7.89. The summed E-state index contributed by atoms with van der Waals surface area (Å²) in [5.41, 5.74) is 3.54. The molecule has 0 aliphatic rings. The number of rotatable bonds is 6. The largest absolute Gasteiger partial charge is 0.278 e. The minimum Gasteiger partial charge on any atom is -0.278 e. The molecule has 6 nitrogen and oxygen atoms in total. The Morgan fingerprint density at radius 1 is 1.09 bits per heavy atom. The Morgan fingerprint density at radius 3 is 2.52 bits per heavy atom. The minimum absolute atomic E-state index is 0.0713. The van der Waals surface area contributed by atoms with Crippen LogP contribution in [0.25, 0.3) is 0 Å². The highest BCUT2D eigenvalue weighted by Gasteiger charge is 2.14. The molecule has 2 aromatic rings. The first-order valence-electron chi connectivity index (χ1n) is 6.86. The van der Waals surface area contributed by atoms with Crippen molar-refractivity contribution in [1.29, 1.82) is 5.26 Å². The number of nitrogens with one attached hydrogen (secondary N) is 2. The molecule has 0 unspecified atom stereocenters. The van der Waals surface area contributed by atoms with Crippen molar-refractivity contribution in [1.82, 2.24) is 10.3 Å². The van der Waals surface area contributed by atoms with E-state index < -0.39 is 15.9 Å². The van der Waals surface area contributed by atoms with Gasteiger partial charge < -0.3 is 0 Å². The van der Waals surface area contributed by atoms with Crippen LogP contribution in [0.4, 0.5) is 0 Å². The van der Waals surface area contributed by atoms with Crippen molar-refractivity contribution in [3.8, 4) is 6.07 Å². The molecule has 2 aromatic carbocycles. The van der Waals surface area contributed by atoms with Crippen LogP contribution in [0, 0.1) is 11.3 Å². The molecule has 0 radical (unpaired) electrons. The maximum absolute atomic E-state index is 11.9. The smallest absolute Gasteiger partial charge is 0.257 e. The molecule has 23 heavy (non-hydrogen) atoms. The van der Waals surface area contributed by atoms with Crippen LogP contribution in [0.3, 0.4) is 0 Å². The Balaban J connectivity index is 1.87. The SMILES string of the molecule is N#Cc1cccc(CCC(=O)NNS(=O)(=O)c2ccccc2)c1. The fourth-order valence-electron chi connectivity index (χ4n) is 1.90. The average Bonchev–Trinajstić information content (AvgIpc) is 2.59. The molecule has 0 bridgehead atoms. The molecule has 2 N–H and O–H groups in total. The summed E-state index contributed by atoms with van der Waals surface area (Å²) < 4.78 is 23.9. The second-order valence-corrected chi connectivity index (χ2v) is 6.46. The second-order valence-electron chi connectivity index (χ2n) is 4.78. The van der Waals surface area contributed by atoms with Crippen molar-refractivity contribution >= 4 is 15.9 Å². The standard InChI is InChI=1S/C16H15N3O3S/c17-12-14-6-4-5-13(11-14)9-10-16(20)18-19-23(21,22)15-7-2-1-3-8-15/h1-8,11,19H,9-10H2,(H,18,20). The third kappa shape index (κ3) is 4.92. The van der Waals surface area contributed by atoms with Gasteiger partial charge in [-0.3, -0.25) is 10.2 Å². The minimum atomic E-state index is -3.77. The molecule has 118 valence electrons. The number of hydrogen-bond donors (Lipinski definition) is 2. The topological polar surface area (TPSA) is 99.1 Å². The van der Waals surface area contributed by atoms with Crippen molar-refractivity contribution in [2.45, 2.75) is 17.7 Å². The molecule has 0 fully saturated rings. The third-order valence-electron chi connectivity index (χ3n) is 3.08. The number of aryl methyl sites for hydroxylation is 1. The number of nitriles is 1. The fraction of sp³-hybridized carbons (Fsp3) is 0.125. The Labute approximate surface area is 134 Å². The second kappa shape index (κ2) is 7.54. The zero-order valence-corrected chi connectivity index (χ0v) is 13.0. The summed E-state index contributed by atoms with van der Waals surface area (Å²) in [5, 5.41) is 8.82. The van der Waals surface area contributed by atoms with Crippen molar-refractivity contribution in [2.75, 3.05) is 0 Å². The first-order chi connectivity index (χ1) is 11.0. The van der Waals surface area contributed by atoms with Gasteiger partial charge in [-0.2, -0.15) is 5.26 Å². The van der Waals surface area contributed by atoms with Crippen LogP contribution in [0.2, 0.25) is 0 Å². The number of hydrogen-bond acceptors (Lipinski definition) is 4. The lowest BCUT2D eigenvalue weighted by Crippen LogP contribution is -2.41. The van der Waals surface area contributed by atoms with Crippen molar-refractivity contribution in [3.05, 3.63) is 65.7 Å². The maximum atomic E-state index is 11.9. The van der Waals surface area contributed by atoms with Gasteiger partial charge in [0.25, 0.3) is 10.0 Å². The lowest BCUT2D eigenvalue weighted by Gasteiger charge is -2.08. The molecule has 0 heterocycles. The number of amides is 1. The predicted molar refractivity (Wildman–Crippen MR) is 84.4 cm³/mol. The number of benzene rings is 2. The lowest BCUT2D eigenvalue weighted by molar-refractivity contribution is -0.121. The lowest BCUT2D eigenvalue weighted by atomic mass is 10.1. The molecule has 2 rings (SSSR count). The molecule has 0 atom stereocenters. The van der Waals surface area contributed by atoms with Crippen molar-refractivity contribution < 1.29 is 13.2 Å². The number of nitrogens with zero attached hydrogens (tertiary/aromatic N) is 1. The summed E-state index contributed by atoms with van der Waals surface area (Å²) in [4.78, 5) is 13.9. The van der Waals surface area contributed by atoms with E-state index in [2.05, 4.69) is 10.3 Å². The Hall–Kier alpha value is -2.69. The van der Waals surface area contributed by atoms with Crippen LogP contribution < -0.4 is 10.3 Å². The van der Waals surface area contributed by atoms with Crippen LogP contribution in [-0.2, 0) is 21.2 Å². The fourth-order valence-corrected chi connectivity index (χ4v) is 2.78. The molecule has 0 aliphatic carbocycles. The molecular formula is C16H15N3O3S. The van der Waals surface area contributed by atoms with E-state index in [1.54, 1.807) is 36.4 Å². The summed E-state index contributed by atoms with van der Waals surface area (Å²) >= 11 is 0. The zero-order valence-electron chi connectivity index (χ0n) is 12.2. The van der Waals surface area contributed by atoms with Crippen LogP contribution in [-0.4, -0.2) is 14.3 Å². The summed E-state index contributed by atoms with van der Waals surface area (Å²) in [6.45, 7) is 0. The van der Waals surface area contributed by atoms with Gasteiger partial charge in [0.1, 0.15) is 0 Å². The van der Waals surface area contributed by atoms with Crippen LogP contribution in [0.5, 0.6) is 0 Å². The highest BCUT2D eigenvalue weighted by Crippen LogP contribution is 2.07. The molecule has 0 saturated heterocycles. The molecule has 0 aromatic heterocycles. The summed E-state index contributed by atoms with van der Waals surface area (Å²) in [5.74, 6) is -0.452. The predicted octanol–water partition coefficient (Wildman–Crippen LogP) is 1.50. The zero-order chi connectivity index (χ0) is 16.7. The van der Waals surface area contributed by atoms with E-state index in [9.17, 15) is 13.2 Å². The van der Waals surface area contributed by atoms with Gasteiger partial charge in [0.05, 0.1) is 16.5 Å². The highest BCUT2D eigenvalue weighted by atomic mass is 32.2.